The van der Waals surface area contributed by atoms with Crippen molar-refractivity contribution in [2.75, 3.05) is 4.72 Å². The lowest BCUT2D eigenvalue weighted by molar-refractivity contribution is 0.285. The summed E-state index contributed by atoms with van der Waals surface area (Å²) in [4.78, 5) is 0.593. The molecule has 0 aliphatic heterocycles. The highest BCUT2D eigenvalue weighted by molar-refractivity contribution is 7.94. The number of thiophene rings is 1. The molecule has 0 saturated heterocycles. The zero-order chi connectivity index (χ0) is 14.0. The van der Waals surface area contributed by atoms with Gasteiger partial charge in [0.15, 0.2) is 0 Å². The maximum atomic E-state index is 12.1. The molecule has 0 saturated carbocycles. The van der Waals surface area contributed by atoms with Gasteiger partial charge in [0.05, 0.1) is 17.3 Å². The third-order valence-electron chi connectivity index (χ3n) is 2.43. The van der Waals surface area contributed by atoms with Crippen molar-refractivity contribution in [3.05, 3.63) is 45.8 Å². The second-order valence-corrected chi connectivity index (χ2v) is 7.45. The lowest BCUT2D eigenvalue weighted by Gasteiger charge is -2.08. The van der Waals surface area contributed by atoms with Crippen molar-refractivity contribution in [2.24, 2.45) is 0 Å². The summed E-state index contributed by atoms with van der Waals surface area (Å²) in [5.74, 6) is 0. The standard InChI is InChI=1S/C12H12ClNO3S2/c1-8-2-4-11(10(13)6-8)14-19(16,17)12-5-3-9(7-15)18-12/h2-6,14-15H,7H2,1H3. The Kier molecular flexibility index (Phi) is 4.15. The first-order valence-electron chi connectivity index (χ1n) is 5.41. The summed E-state index contributed by atoms with van der Waals surface area (Å²) >= 11 is 7.02. The summed E-state index contributed by atoms with van der Waals surface area (Å²) in [5, 5.41) is 9.30. The Labute approximate surface area is 120 Å². The molecule has 0 aliphatic rings. The van der Waals surface area contributed by atoms with E-state index < -0.39 is 10.0 Å². The molecule has 1 aromatic heterocycles. The predicted molar refractivity (Wildman–Crippen MR) is 77.2 cm³/mol. The van der Waals surface area contributed by atoms with Gasteiger partial charge in [-0.2, -0.15) is 0 Å². The van der Waals surface area contributed by atoms with Gasteiger partial charge in [-0.15, -0.1) is 11.3 Å². The highest BCUT2D eigenvalue weighted by Crippen LogP contribution is 2.28. The number of sulfonamides is 1. The van der Waals surface area contributed by atoms with Gasteiger partial charge in [0.2, 0.25) is 0 Å². The SMILES string of the molecule is Cc1ccc(NS(=O)(=O)c2ccc(CO)s2)c(Cl)c1. The molecule has 0 spiro atoms. The third-order valence-corrected chi connectivity index (χ3v) is 5.67. The van der Waals surface area contributed by atoms with Crippen LogP contribution in [0.15, 0.2) is 34.5 Å². The quantitative estimate of drug-likeness (QED) is 0.911. The molecule has 0 amide bonds. The summed E-state index contributed by atoms with van der Waals surface area (Å²) in [6.07, 6.45) is 0. The zero-order valence-corrected chi connectivity index (χ0v) is 12.4. The molecule has 2 rings (SSSR count). The molecule has 7 heteroatoms. The Morgan fingerprint density at radius 1 is 1.32 bits per heavy atom. The number of aryl methyl sites for hydroxylation is 1. The average Bonchev–Trinajstić information content (AvgIpc) is 2.82. The largest absolute Gasteiger partial charge is 0.391 e. The molecule has 2 aromatic rings. The van der Waals surface area contributed by atoms with E-state index in [1.165, 1.54) is 6.07 Å². The molecule has 0 bridgehead atoms. The minimum absolute atomic E-state index is 0.146. The molecule has 1 heterocycles. The smallest absolute Gasteiger partial charge is 0.271 e. The van der Waals surface area contributed by atoms with Crippen LogP contribution in [0.1, 0.15) is 10.4 Å². The maximum absolute atomic E-state index is 12.1. The zero-order valence-electron chi connectivity index (χ0n) is 10.1. The van der Waals surface area contributed by atoms with Gasteiger partial charge in [-0.25, -0.2) is 8.42 Å². The average molecular weight is 318 g/mol. The Bertz CT molecular complexity index is 695. The first-order chi connectivity index (χ1) is 8.92. The van der Waals surface area contributed by atoms with Crippen LogP contribution in [0.3, 0.4) is 0 Å². The van der Waals surface area contributed by atoms with Crippen LogP contribution in [0.2, 0.25) is 5.02 Å². The normalized spacial score (nSPS) is 11.5. The van der Waals surface area contributed by atoms with E-state index in [-0.39, 0.29) is 10.8 Å². The number of nitrogens with one attached hydrogen (secondary N) is 1. The third kappa shape index (κ3) is 3.27. The Morgan fingerprint density at radius 2 is 2.05 bits per heavy atom. The number of hydrogen-bond acceptors (Lipinski definition) is 4. The Morgan fingerprint density at radius 3 is 2.63 bits per heavy atom. The molecule has 102 valence electrons. The predicted octanol–water partition coefficient (Wildman–Crippen LogP) is 3.00. The van der Waals surface area contributed by atoms with Crippen LogP contribution in [-0.4, -0.2) is 13.5 Å². The molecule has 1 aromatic carbocycles. The number of aliphatic hydroxyl groups excluding tert-OH is 1. The number of benzene rings is 1. The van der Waals surface area contributed by atoms with Crippen LogP contribution in [0.4, 0.5) is 5.69 Å². The molecule has 19 heavy (non-hydrogen) atoms. The van der Waals surface area contributed by atoms with Gasteiger partial charge in [0, 0.05) is 4.88 Å². The number of aliphatic hydroxyl groups is 1. The lowest BCUT2D eigenvalue weighted by Crippen LogP contribution is -2.11. The maximum Gasteiger partial charge on any atom is 0.271 e. The van der Waals surface area contributed by atoms with Crippen molar-refractivity contribution in [3.8, 4) is 0 Å². The van der Waals surface area contributed by atoms with Crippen molar-refractivity contribution in [2.45, 2.75) is 17.7 Å². The molecule has 0 aliphatic carbocycles. The topological polar surface area (TPSA) is 66.4 Å². The molecular formula is C12H12ClNO3S2. The van der Waals surface area contributed by atoms with Crippen LogP contribution in [0.25, 0.3) is 0 Å². The molecule has 0 radical (unpaired) electrons. The summed E-state index contributed by atoms with van der Waals surface area (Å²) in [6, 6.07) is 8.12. The fourth-order valence-electron chi connectivity index (χ4n) is 1.49. The Hall–Kier alpha value is -1.08. The summed E-state index contributed by atoms with van der Waals surface area (Å²) < 4.78 is 26.8. The molecule has 4 nitrogen and oxygen atoms in total. The fourth-order valence-corrected chi connectivity index (χ4v) is 4.12. The number of halogens is 1. The van der Waals surface area contributed by atoms with Crippen LogP contribution >= 0.6 is 22.9 Å². The van der Waals surface area contributed by atoms with Crippen LogP contribution in [-0.2, 0) is 16.6 Å². The minimum Gasteiger partial charge on any atom is -0.391 e. The van der Waals surface area contributed by atoms with Gasteiger partial charge in [0.25, 0.3) is 10.0 Å². The lowest BCUT2D eigenvalue weighted by atomic mass is 10.2. The summed E-state index contributed by atoms with van der Waals surface area (Å²) in [7, 11) is -3.66. The van der Waals surface area contributed by atoms with E-state index in [0.29, 0.717) is 15.6 Å². The van der Waals surface area contributed by atoms with Gasteiger partial charge in [-0.05, 0) is 36.8 Å². The van der Waals surface area contributed by atoms with E-state index >= 15 is 0 Å². The highest BCUT2D eigenvalue weighted by atomic mass is 35.5. The minimum atomic E-state index is -3.66. The first-order valence-corrected chi connectivity index (χ1v) is 8.08. The number of anilines is 1. The summed E-state index contributed by atoms with van der Waals surface area (Å²) in [5.41, 5.74) is 1.29. The van der Waals surface area contributed by atoms with Crippen LogP contribution in [0, 0.1) is 6.92 Å². The van der Waals surface area contributed by atoms with Crippen molar-refractivity contribution in [1.29, 1.82) is 0 Å². The summed E-state index contributed by atoms with van der Waals surface area (Å²) in [6.45, 7) is 1.70. The highest BCUT2D eigenvalue weighted by Gasteiger charge is 2.18. The van der Waals surface area contributed by atoms with Crippen LogP contribution in [0.5, 0.6) is 0 Å². The van der Waals surface area contributed by atoms with E-state index in [1.807, 2.05) is 6.92 Å². The van der Waals surface area contributed by atoms with E-state index in [1.54, 1.807) is 24.3 Å². The van der Waals surface area contributed by atoms with Crippen molar-refractivity contribution in [3.63, 3.8) is 0 Å². The first kappa shape index (κ1) is 14.3. The fraction of sp³-hybridized carbons (Fsp3) is 0.167. The second-order valence-electron chi connectivity index (χ2n) is 3.97. The number of rotatable bonds is 4. The van der Waals surface area contributed by atoms with E-state index in [9.17, 15) is 8.42 Å². The number of hydrogen-bond donors (Lipinski definition) is 2. The van der Waals surface area contributed by atoms with Gasteiger partial charge in [-0.3, -0.25) is 4.72 Å². The second kappa shape index (κ2) is 5.50. The van der Waals surface area contributed by atoms with Crippen molar-refractivity contribution < 1.29 is 13.5 Å². The van der Waals surface area contributed by atoms with Gasteiger partial charge < -0.3 is 5.11 Å². The van der Waals surface area contributed by atoms with Gasteiger partial charge >= 0.3 is 0 Å². The molecular weight excluding hydrogens is 306 g/mol. The van der Waals surface area contributed by atoms with E-state index in [2.05, 4.69) is 4.72 Å². The molecule has 0 unspecified atom stereocenters. The van der Waals surface area contributed by atoms with Crippen LogP contribution < -0.4 is 4.72 Å². The monoisotopic (exact) mass is 317 g/mol. The molecule has 0 atom stereocenters. The van der Waals surface area contributed by atoms with Gasteiger partial charge in [-0.1, -0.05) is 17.7 Å². The van der Waals surface area contributed by atoms with Gasteiger partial charge in [0.1, 0.15) is 4.21 Å². The van der Waals surface area contributed by atoms with Crippen molar-refractivity contribution in [1.82, 2.24) is 0 Å². The molecule has 0 fully saturated rings. The van der Waals surface area contributed by atoms with E-state index in [4.69, 9.17) is 16.7 Å². The van der Waals surface area contributed by atoms with E-state index in [0.717, 1.165) is 16.9 Å². The van der Waals surface area contributed by atoms with Crippen molar-refractivity contribution >= 4 is 38.6 Å². The molecule has 2 N–H and O–H groups in total. The Balaban J connectivity index is 2.30.